The zero-order valence-corrected chi connectivity index (χ0v) is 21.5. The molecule has 0 aliphatic carbocycles. The van der Waals surface area contributed by atoms with Crippen molar-refractivity contribution in [3.8, 4) is 11.5 Å². The highest BCUT2D eigenvalue weighted by Crippen LogP contribution is 2.19. The molecule has 1 heterocycles. The Balaban J connectivity index is 1.27. The lowest BCUT2D eigenvalue weighted by Gasteiger charge is -2.32. The second-order valence-electron chi connectivity index (χ2n) is 8.58. The molecule has 0 radical (unpaired) electrons. The van der Waals surface area contributed by atoms with Crippen molar-refractivity contribution in [2.45, 2.75) is 0 Å². The standard InChI is InChI=1S/C28H30N4O4S/c1-31-15-17-32(18-16-31)27(34)24-9-5-6-10-25(24)29-28(37)30-26(33)21-11-13-23(14-12-21)36-20-19-35-22-7-3-2-4-8-22/h2-14H,15-20H2,1H3,(H2,29,30,33,37). The van der Waals surface area contributed by atoms with Gasteiger partial charge in [0.15, 0.2) is 5.11 Å². The highest BCUT2D eigenvalue weighted by molar-refractivity contribution is 7.80. The van der Waals surface area contributed by atoms with Gasteiger partial charge in [0.05, 0.1) is 11.3 Å². The molecule has 1 fully saturated rings. The molecule has 0 bridgehead atoms. The average Bonchev–Trinajstić information content (AvgIpc) is 2.92. The lowest BCUT2D eigenvalue weighted by Crippen LogP contribution is -2.47. The first kappa shape index (κ1) is 26.1. The van der Waals surface area contributed by atoms with E-state index in [2.05, 4.69) is 15.5 Å². The van der Waals surface area contributed by atoms with Crippen LogP contribution in [0.2, 0.25) is 0 Å². The number of carbonyl (C=O) groups is 2. The number of nitrogens with one attached hydrogen (secondary N) is 2. The van der Waals surface area contributed by atoms with Crippen LogP contribution < -0.4 is 20.1 Å². The topological polar surface area (TPSA) is 83.1 Å². The molecule has 0 atom stereocenters. The summed E-state index contributed by atoms with van der Waals surface area (Å²) in [7, 11) is 2.04. The fourth-order valence-corrected chi connectivity index (χ4v) is 4.03. The van der Waals surface area contributed by atoms with Crippen molar-refractivity contribution in [3.05, 3.63) is 90.0 Å². The van der Waals surface area contributed by atoms with Crippen LogP contribution in [0, 0.1) is 0 Å². The third-order valence-electron chi connectivity index (χ3n) is 5.90. The molecule has 2 N–H and O–H groups in total. The molecule has 0 unspecified atom stereocenters. The van der Waals surface area contributed by atoms with Crippen molar-refractivity contribution in [2.24, 2.45) is 0 Å². The predicted molar refractivity (Wildman–Crippen MR) is 147 cm³/mol. The van der Waals surface area contributed by atoms with E-state index in [1.54, 1.807) is 36.4 Å². The van der Waals surface area contributed by atoms with Crippen LogP contribution >= 0.6 is 12.2 Å². The number of anilines is 1. The Bertz CT molecular complexity index is 1210. The predicted octanol–water partition coefficient (Wildman–Crippen LogP) is 3.66. The first-order valence-corrected chi connectivity index (χ1v) is 12.5. The molecule has 1 aliphatic rings. The van der Waals surface area contributed by atoms with Crippen LogP contribution in [0.4, 0.5) is 5.69 Å². The van der Waals surface area contributed by atoms with Gasteiger partial charge in [-0.1, -0.05) is 30.3 Å². The first-order valence-electron chi connectivity index (χ1n) is 12.1. The fourth-order valence-electron chi connectivity index (χ4n) is 3.83. The molecule has 2 amide bonds. The molecule has 1 saturated heterocycles. The molecular weight excluding hydrogens is 488 g/mol. The lowest BCUT2D eigenvalue weighted by atomic mass is 10.1. The first-order chi connectivity index (χ1) is 18.0. The van der Waals surface area contributed by atoms with Gasteiger partial charge in [-0.05, 0) is 67.8 Å². The fraction of sp³-hybridized carbons (Fsp3) is 0.250. The summed E-state index contributed by atoms with van der Waals surface area (Å²) in [6, 6.07) is 23.5. The number of amides is 2. The van der Waals surface area contributed by atoms with E-state index in [1.165, 1.54) is 0 Å². The van der Waals surface area contributed by atoms with E-state index in [-0.39, 0.29) is 16.9 Å². The number of thiocarbonyl (C=S) groups is 1. The molecule has 37 heavy (non-hydrogen) atoms. The Hall–Kier alpha value is -3.95. The number of benzene rings is 3. The van der Waals surface area contributed by atoms with Crippen LogP contribution in [0.1, 0.15) is 20.7 Å². The highest BCUT2D eigenvalue weighted by atomic mass is 32.1. The van der Waals surface area contributed by atoms with Crippen LogP contribution in [0.3, 0.4) is 0 Å². The summed E-state index contributed by atoms with van der Waals surface area (Å²) in [5, 5.41) is 5.79. The third-order valence-corrected chi connectivity index (χ3v) is 6.11. The Morgan fingerprint density at radius 1 is 0.811 bits per heavy atom. The summed E-state index contributed by atoms with van der Waals surface area (Å²) in [5.74, 6) is 0.994. The van der Waals surface area contributed by atoms with Crippen molar-refractivity contribution < 1.29 is 19.1 Å². The molecule has 0 aromatic heterocycles. The Labute approximate surface area is 222 Å². The number of nitrogens with zero attached hydrogens (tertiary/aromatic N) is 2. The summed E-state index contributed by atoms with van der Waals surface area (Å²) in [5.41, 5.74) is 1.50. The minimum absolute atomic E-state index is 0.0601. The minimum Gasteiger partial charge on any atom is -0.490 e. The largest absolute Gasteiger partial charge is 0.490 e. The van der Waals surface area contributed by atoms with Gasteiger partial charge in [-0.15, -0.1) is 0 Å². The van der Waals surface area contributed by atoms with Crippen molar-refractivity contribution in [1.82, 2.24) is 15.1 Å². The number of rotatable bonds is 8. The van der Waals surface area contributed by atoms with E-state index in [0.717, 1.165) is 18.8 Å². The maximum Gasteiger partial charge on any atom is 0.257 e. The quantitative estimate of drug-likeness (QED) is 0.348. The number of likely N-dealkylation sites (N-methyl/N-ethyl adjacent to an activating group) is 1. The van der Waals surface area contributed by atoms with Gasteiger partial charge in [0.1, 0.15) is 24.7 Å². The summed E-state index contributed by atoms with van der Waals surface area (Å²) in [4.78, 5) is 29.8. The smallest absolute Gasteiger partial charge is 0.257 e. The number of para-hydroxylation sites is 2. The van der Waals surface area contributed by atoms with Gasteiger partial charge in [0, 0.05) is 31.7 Å². The van der Waals surface area contributed by atoms with Gasteiger partial charge in [-0.25, -0.2) is 0 Å². The van der Waals surface area contributed by atoms with Gasteiger partial charge in [0.25, 0.3) is 11.8 Å². The van der Waals surface area contributed by atoms with E-state index >= 15 is 0 Å². The molecule has 0 saturated carbocycles. The minimum atomic E-state index is -0.362. The molecule has 1 aliphatic heterocycles. The van der Waals surface area contributed by atoms with Crippen molar-refractivity contribution in [2.75, 3.05) is 51.8 Å². The number of carbonyl (C=O) groups excluding carboxylic acids is 2. The van der Waals surface area contributed by atoms with Crippen LogP contribution in [0.5, 0.6) is 11.5 Å². The summed E-state index contributed by atoms with van der Waals surface area (Å²) in [6.45, 7) is 3.79. The maximum absolute atomic E-state index is 13.1. The summed E-state index contributed by atoms with van der Waals surface area (Å²) >= 11 is 5.35. The van der Waals surface area contributed by atoms with Crippen LogP contribution in [0.25, 0.3) is 0 Å². The zero-order valence-electron chi connectivity index (χ0n) is 20.7. The molecule has 192 valence electrons. The van der Waals surface area contributed by atoms with Crippen LogP contribution in [0.15, 0.2) is 78.9 Å². The van der Waals surface area contributed by atoms with Crippen molar-refractivity contribution in [3.63, 3.8) is 0 Å². The van der Waals surface area contributed by atoms with Crippen LogP contribution in [-0.4, -0.2) is 73.2 Å². The van der Waals surface area contributed by atoms with Gasteiger partial charge < -0.3 is 24.6 Å². The van der Waals surface area contributed by atoms with E-state index in [0.29, 0.717) is 48.9 Å². The Morgan fingerprint density at radius 2 is 1.41 bits per heavy atom. The Morgan fingerprint density at radius 3 is 2.08 bits per heavy atom. The van der Waals surface area contributed by atoms with Gasteiger partial charge in [-0.2, -0.15) is 0 Å². The SMILES string of the molecule is CN1CCN(C(=O)c2ccccc2NC(=S)NC(=O)c2ccc(OCCOc3ccccc3)cc2)CC1. The van der Waals surface area contributed by atoms with E-state index < -0.39 is 0 Å². The molecule has 9 heteroatoms. The second kappa shape index (κ2) is 12.8. The van der Waals surface area contributed by atoms with Gasteiger partial charge in [0.2, 0.25) is 0 Å². The Kier molecular flexibility index (Phi) is 9.07. The normalized spacial score (nSPS) is 13.5. The van der Waals surface area contributed by atoms with Gasteiger partial charge in [-0.3, -0.25) is 14.9 Å². The van der Waals surface area contributed by atoms with Gasteiger partial charge >= 0.3 is 0 Å². The van der Waals surface area contributed by atoms with E-state index in [1.807, 2.05) is 54.4 Å². The third kappa shape index (κ3) is 7.52. The monoisotopic (exact) mass is 518 g/mol. The molecule has 0 spiro atoms. The molecule has 3 aromatic rings. The lowest BCUT2D eigenvalue weighted by molar-refractivity contribution is 0.0665. The molecule has 4 rings (SSSR count). The van der Waals surface area contributed by atoms with Crippen molar-refractivity contribution in [1.29, 1.82) is 0 Å². The summed E-state index contributed by atoms with van der Waals surface area (Å²) in [6.07, 6.45) is 0. The molecule has 8 nitrogen and oxygen atoms in total. The van der Waals surface area contributed by atoms with E-state index in [9.17, 15) is 9.59 Å². The molecule has 3 aromatic carbocycles. The maximum atomic E-state index is 13.1. The number of piperazine rings is 1. The highest BCUT2D eigenvalue weighted by Gasteiger charge is 2.22. The molecular formula is C28H30N4O4S. The van der Waals surface area contributed by atoms with Crippen molar-refractivity contribution >= 4 is 34.8 Å². The van der Waals surface area contributed by atoms with E-state index in [4.69, 9.17) is 21.7 Å². The summed E-state index contributed by atoms with van der Waals surface area (Å²) < 4.78 is 11.3. The second-order valence-corrected chi connectivity index (χ2v) is 8.99. The number of ether oxygens (including phenoxy) is 2. The number of hydrogen-bond donors (Lipinski definition) is 2. The zero-order chi connectivity index (χ0) is 26.0. The number of hydrogen-bond acceptors (Lipinski definition) is 6. The average molecular weight is 519 g/mol. The van der Waals surface area contributed by atoms with Crippen LogP contribution in [-0.2, 0) is 0 Å².